The fraction of sp³-hybridized carbons (Fsp3) is 0.867. The maximum absolute atomic E-state index is 12.0. The Bertz CT molecular complexity index is 368. The summed E-state index contributed by atoms with van der Waals surface area (Å²) in [5.41, 5.74) is -0.523. The van der Waals surface area contributed by atoms with E-state index in [9.17, 15) is 9.59 Å². The topological polar surface area (TPSA) is 58.6 Å². The number of rotatable bonds is 4. The van der Waals surface area contributed by atoms with Gasteiger partial charge in [0.05, 0.1) is 12.1 Å². The second-order valence-corrected chi connectivity index (χ2v) is 6.69. The van der Waals surface area contributed by atoms with Crippen LogP contribution in [0, 0.1) is 0 Å². The van der Waals surface area contributed by atoms with Gasteiger partial charge in [-0.05, 0) is 40.5 Å². The van der Waals surface area contributed by atoms with Crippen LogP contribution < -0.4 is 5.32 Å². The summed E-state index contributed by atoms with van der Waals surface area (Å²) in [7, 11) is 0. The first-order valence-electron chi connectivity index (χ1n) is 7.63. The molecule has 1 saturated carbocycles. The summed E-state index contributed by atoms with van der Waals surface area (Å²) in [5, 5.41) is 2.92. The number of likely N-dealkylation sites (N-methyl/N-ethyl adjacent to an activating group) is 1. The average Bonchev–Trinajstić information content (AvgIpc) is 2.39. The third kappa shape index (κ3) is 5.73. The highest BCUT2D eigenvalue weighted by Crippen LogP contribution is 2.24. The normalized spacial score (nSPS) is 22.5. The van der Waals surface area contributed by atoms with E-state index in [1.165, 1.54) is 0 Å². The zero-order valence-electron chi connectivity index (χ0n) is 13.4. The van der Waals surface area contributed by atoms with Crippen molar-refractivity contribution in [3.63, 3.8) is 0 Å². The van der Waals surface area contributed by atoms with E-state index in [0.29, 0.717) is 6.54 Å². The van der Waals surface area contributed by atoms with Crippen molar-refractivity contribution in [2.24, 2.45) is 0 Å². The molecule has 6 heteroatoms. The number of alkyl carbamates (subject to hydrolysis) is 1. The van der Waals surface area contributed by atoms with Gasteiger partial charge in [-0.25, -0.2) is 4.79 Å². The van der Waals surface area contributed by atoms with Gasteiger partial charge < -0.3 is 15.0 Å². The lowest BCUT2D eigenvalue weighted by Crippen LogP contribution is -2.55. The number of halogens is 1. The molecule has 0 radical (unpaired) electrons. The molecule has 0 spiro atoms. The standard InChI is InChI=1S/C15H27ClN2O3/c1-5-18(13(19)10-16)12-9-7-6-8-11(12)17-14(20)21-15(2,3)4/h11-12H,5-10H2,1-4H3,(H,17,20)/t11-,12-/m1/s1. The van der Waals surface area contributed by atoms with Crippen molar-refractivity contribution in [3.05, 3.63) is 0 Å². The van der Waals surface area contributed by atoms with Crippen LogP contribution in [0.25, 0.3) is 0 Å². The Morgan fingerprint density at radius 3 is 2.43 bits per heavy atom. The summed E-state index contributed by atoms with van der Waals surface area (Å²) in [6, 6.07) is -0.0664. The quantitative estimate of drug-likeness (QED) is 0.811. The zero-order valence-corrected chi connectivity index (χ0v) is 14.2. The SMILES string of the molecule is CCN(C(=O)CCl)[C@@H]1CCCC[C@H]1NC(=O)OC(C)(C)C. The number of carbonyl (C=O) groups excluding carboxylic acids is 2. The lowest BCUT2D eigenvalue weighted by atomic mass is 9.89. The molecular weight excluding hydrogens is 292 g/mol. The predicted octanol–water partition coefficient (Wildman–Crippen LogP) is 2.91. The van der Waals surface area contributed by atoms with Crippen LogP contribution in [0.5, 0.6) is 0 Å². The summed E-state index contributed by atoms with van der Waals surface area (Å²) in [6.07, 6.45) is 3.42. The number of hydrogen-bond donors (Lipinski definition) is 1. The third-order valence-electron chi connectivity index (χ3n) is 3.61. The number of nitrogens with one attached hydrogen (secondary N) is 1. The van der Waals surface area contributed by atoms with Crippen LogP contribution in [0.4, 0.5) is 4.79 Å². The zero-order chi connectivity index (χ0) is 16.0. The van der Waals surface area contributed by atoms with Crippen molar-refractivity contribution in [2.45, 2.75) is 71.1 Å². The summed E-state index contributed by atoms with van der Waals surface area (Å²) in [6.45, 7) is 8.03. The first kappa shape index (κ1) is 18.1. The average molecular weight is 319 g/mol. The van der Waals surface area contributed by atoms with E-state index < -0.39 is 11.7 Å². The molecule has 0 bridgehead atoms. The molecule has 1 N–H and O–H groups in total. The van der Waals surface area contributed by atoms with Gasteiger partial charge in [-0.1, -0.05) is 12.8 Å². The van der Waals surface area contributed by atoms with Crippen molar-refractivity contribution >= 4 is 23.6 Å². The molecule has 0 saturated heterocycles. The van der Waals surface area contributed by atoms with Crippen molar-refractivity contribution in [1.82, 2.24) is 10.2 Å². The van der Waals surface area contributed by atoms with Gasteiger partial charge in [0.15, 0.2) is 0 Å². The van der Waals surface area contributed by atoms with Crippen molar-refractivity contribution in [3.8, 4) is 0 Å². The largest absolute Gasteiger partial charge is 0.444 e. The number of hydrogen-bond acceptors (Lipinski definition) is 3. The highest BCUT2D eigenvalue weighted by atomic mass is 35.5. The maximum Gasteiger partial charge on any atom is 0.407 e. The van der Waals surface area contributed by atoms with Crippen molar-refractivity contribution in [2.75, 3.05) is 12.4 Å². The number of ether oxygens (including phenoxy) is 1. The van der Waals surface area contributed by atoms with E-state index in [1.54, 1.807) is 4.90 Å². The second-order valence-electron chi connectivity index (χ2n) is 6.42. The minimum Gasteiger partial charge on any atom is -0.444 e. The van der Waals surface area contributed by atoms with Gasteiger partial charge in [0, 0.05) is 6.54 Å². The first-order valence-corrected chi connectivity index (χ1v) is 8.17. The van der Waals surface area contributed by atoms with Crippen LogP contribution in [0.1, 0.15) is 53.4 Å². The van der Waals surface area contributed by atoms with Crippen LogP contribution in [0.15, 0.2) is 0 Å². The molecule has 0 aromatic heterocycles. The number of nitrogens with zero attached hydrogens (tertiary/aromatic N) is 1. The summed E-state index contributed by atoms with van der Waals surface area (Å²) in [4.78, 5) is 25.7. The molecule has 0 aromatic rings. The molecule has 2 atom stereocenters. The van der Waals surface area contributed by atoms with E-state index in [-0.39, 0.29) is 23.9 Å². The molecular formula is C15H27ClN2O3. The lowest BCUT2D eigenvalue weighted by molar-refractivity contribution is -0.131. The minimum absolute atomic E-state index is 0.00233. The summed E-state index contributed by atoms with van der Waals surface area (Å²) < 4.78 is 5.31. The number of amides is 2. The number of carbonyl (C=O) groups is 2. The second kappa shape index (κ2) is 7.87. The van der Waals surface area contributed by atoms with Crippen LogP contribution in [0.3, 0.4) is 0 Å². The molecule has 5 nitrogen and oxygen atoms in total. The summed E-state index contributed by atoms with van der Waals surface area (Å²) >= 11 is 5.68. The Morgan fingerprint density at radius 2 is 1.90 bits per heavy atom. The van der Waals surface area contributed by atoms with Gasteiger partial charge in [0.25, 0.3) is 0 Å². The molecule has 0 unspecified atom stereocenters. The van der Waals surface area contributed by atoms with Gasteiger partial charge in [-0.2, -0.15) is 0 Å². The van der Waals surface area contributed by atoms with E-state index in [2.05, 4.69) is 5.32 Å². The van der Waals surface area contributed by atoms with Crippen LogP contribution in [-0.4, -0.2) is 47.0 Å². The Kier molecular flexibility index (Phi) is 6.78. The Labute approximate surface area is 132 Å². The van der Waals surface area contributed by atoms with E-state index >= 15 is 0 Å². The highest BCUT2D eigenvalue weighted by molar-refractivity contribution is 6.27. The van der Waals surface area contributed by atoms with Gasteiger partial charge >= 0.3 is 6.09 Å². The Hall–Kier alpha value is -0.970. The van der Waals surface area contributed by atoms with Crippen LogP contribution in [-0.2, 0) is 9.53 Å². The van der Waals surface area contributed by atoms with E-state index in [1.807, 2.05) is 27.7 Å². The molecule has 1 fully saturated rings. The minimum atomic E-state index is -0.523. The van der Waals surface area contributed by atoms with Crippen LogP contribution >= 0.6 is 11.6 Å². The van der Waals surface area contributed by atoms with Gasteiger partial charge in [0.1, 0.15) is 11.5 Å². The Balaban J connectivity index is 2.72. The van der Waals surface area contributed by atoms with Gasteiger partial charge in [0.2, 0.25) is 5.91 Å². The fourth-order valence-corrected chi connectivity index (χ4v) is 2.94. The number of alkyl halides is 1. The smallest absolute Gasteiger partial charge is 0.407 e. The lowest BCUT2D eigenvalue weighted by Gasteiger charge is -2.39. The predicted molar refractivity (Wildman–Crippen MR) is 83.5 cm³/mol. The van der Waals surface area contributed by atoms with Crippen molar-refractivity contribution < 1.29 is 14.3 Å². The monoisotopic (exact) mass is 318 g/mol. The van der Waals surface area contributed by atoms with E-state index in [4.69, 9.17) is 16.3 Å². The molecule has 1 aliphatic rings. The molecule has 0 heterocycles. The van der Waals surface area contributed by atoms with Crippen LogP contribution in [0.2, 0.25) is 0 Å². The summed E-state index contributed by atoms with van der Waals surface area (Å²) in [5.74, 6) is -0.106. The maximum atomic E-state index is 12.0. The third-order valence-corrected chi connectivity index (χ3v) is 3.84. The van der Waals surface area contributed by atoms with Gasteiger partial charge in [-0.3, -0.25) is 4.79 Å². The van der Waals surface area contributed by atoms with E-state index in [0.717, 1.165) is 25.7 Å². The molecule has 0 aliphatic heterocycles. The fourth-order valence-electron chi connectivity index (χ4n) is 2.78. The molecule has 21 heavy (non-hydrogen) atoms. The van der Waals surface area contributed by atoms with Crippen molar-refractivity contribution in [1.29, 1.82) is 0 Å². The first-order chi connectivity index (χ1) is 9.78. The Morgan fingerprint density at radius 1 is 1.29 bits per heavy atom. The molecule has 122 valence electrons. The molecule has 2 amide bonds. The molecule has 1 rings (SSSR count). The van der Waals surface area contributed by atoms with Gasteiger partial charge in [-0.15, -0.1) is 11.6 Å². The molecule has 1 aliphatic carbocycles. The molecule has 0 aromatic carbocycles. The highest BCUT2D eigenvalue weighted by Gasteiger charge is 2.33.